The molecule has 1 aromatic rings. The molecule has 112 valence electrons. The highest BCUT2D eigenvalue weighted by molar-refractivity contribution is 5.27. The van der Waals surface area contributed by atoms with Gasteiger partial charge in [0, 0.05) is 25.7 Å². The average molecular weight is 277 g/mol. The molecule has 0 amide bonds. The van der Waals surface area contributed by atoms with Gasteiger partial charge in [-0.25, -0.2) is 5.01 Å². The van der Waals surface area contributed by atoms with E-state index < -0.39 is 0 Å². The van der Waals surface area contributed by atoms with E-state index >= 15 is 0 Å². The predicted molar refractivity (Wildman–Crippen MR) is 82.5 cm³/mol. The van der Waals surface area contributed by atoms with Gasteiger partial charge in [-0.2, -0.15) is 0 Å². The Morgan fingerprint density at radius 2 is 1.85 bits per heavy atom. The molecule has 0 unspecified atom stereocenters. The van der Waals surface area contributed by atoms with E-state index in [2.05, 4.69) is 36.2 Å². The summed E-state index contributed by atoms with van der Waals surface area (Å²) in [6.45, 7) is 7.07. The van der Waals surface area contributed by atoms with Crippen molar-refractivity contribution in [1.82, 2.24) is 9.91 Å². The fourth-order valence-corrected chi connectivity index (χ4v) is 2.69. The van der Waals surface area contributed by atoms with Crippen molar-refractivity contribution in [2.45, 2.75) is 45.4 Å². The first-order valence-electron chi connectivity index (χ1n) is 7.50. The summed E-state index contributed by atoms with van der Waals surface area (Å²) in [5, 5.41) is 1.92. The van der Waals surface area contributed by atoms with Crippen LogP contribution in [-0.2, 0) is 6.54 Å². The molecule has 0 aliphatic carbocycles. The molecule has 0 spiro atoms. The van der Waals surface area contributed by atoms with Gasteiger partial charge < -0.3 is 4.74 Å². The lowest BCUT2D eigenvalue weighted by molar-refractivity contribution is 0.124. The van der Waals surface area contributed by atoms with Crippen LogP contribution < -0.4 is 10.6 Å². The molecule has 0 saturated carbocycles. The van der Waals surface area contributed by atoms with Gasteiger partial charge in [-0.05, 0) is 51.4 Å². The minimum Gasteiger partial charge on any atom is -0.491 e. The zero-order valence-corrected chi connectivity index (χ0v) is 12.9. The number of piperidine rings is 1. The van der Waals surface area contributed by atoms with E-state index in [0.717, 1.165) is 38.2 Å². The van der Waals surface area contributed by atoms with E-state index in [1.165, 1.54) is 5.56 Å². The molecule has 0 atom stereocenters. The van der Waals surface area contributed by atoms with Gasteiger partial charge in [0.1, 0.15) is 5.75 Å². The lowest BCUT2D eigenvalue weighted by Gasteiger charge is -2.34. The van der Waals surface area contributed by atoms with Crippen LogP contribution >= 0.6 is 0 Å². The van der Waals surface area contributed by atoms with Crippen molar-refractivity contribution in [3.63, 3.8) is 0 Å². The molecular weight excluding hydrogens is 250 g/mol. The standard InChI is InChI=1S/C16H27N3O/c1-13(2)20-16-6-4-14(5-7-16)12-18(3)15-8-10-19(17)11-9-15/h4-7,13,15H,8-12,17H2,1-3H3. The molecule has 0 aromatic heterocycles. The zero-order chi connectivity index (χ0) is 14.5. The second kappa shape index (κ2) is 7.07. The van der Waals surface area contributed by atoms with Crippen LogP contribution in [-0.4, -0.2) is 42.2 Å². The second-order valence-electron chi connectivity index (χ2n) is 5.99. The summed E-state index contributed by atoms with van der Waals surface area (Å²) in [4.78, 5) is 2.44. The van der Waals surface area contributed by atoms with Crippen LogP contribution in [0.4, 0.5) is 0 Å². The summed E-state index contributed by atoms with van der Waals surface area (Å²) in [6, 6.07) is 9.08. The number of benzene rings is 1. The summed E-state index contributed by atoms with van der Waals surface area (Å²) in [6.07, 6.45) is 2.54. The Kier molecular flexibility index (Phi) is 5.40. The van der Waals surface area contributed by atoms with E-state index in [0.29, 0.717) is 6.04 Å². The largest absolute Gasteiger partial charge is 0.491 e. The Morgan fingerprint density at radius 1 is 1.25 bits per heavy atom. The van der Waals surface area contributed by atoms with E-state index in [-0.39, 0.29) is 6.10 Å². The molecule has 4 nitrogen and oxygen atoms in total. The van der Waals surface area contributed by atoms with Crippen molar-refractivity contribution < 1.29 is 4.74 Å². The van der Waals surface area contributed by atoms with Gasteiger partial charge in [0.25, 0.3) is 0 Å². The maximum Gasteiger partial charge on any atom is 0.119 e. The number of hydrogen-bond donors (Lipinski definition) is 1. The minimum absolute atomic E-state index is 0.227. The van der Waals surface area contributed by atoms with E-state index in [1.54, 1.807) is 0 Å². The molecule has 0 radical (unpaired) electrons. The highest BCUT2D eigenvalue weighted by Gasteiger charge is 2.20. The molecular formula is C16H27N3O. The Labute approximate surface area is 122 Å². The van der Waals surface area contributed by atoms with Gasteiger partial charge in [-0.1, -0.05) is 12.1 Å². The summed E-state index contributed by atoms with van der Waals surface area (Å²) in [5.41, 5.74) is 1.33. The minimum atomic E-state index is 0.227. The van der Waals surface area contributed by atoms with Gasteiger partial charge in [0.05, 0.1) is 6.10 Å². The lowest BCUT2D eigenvalue weighted by Crippen LogP contribution is -2.45. The van der Waals surface area contributed by atoms with Gasteiger partial charge in [0.2, 0.25) is 0 Å². The third-order valence-electron chi connectivity index (χ3n) is 3.85. The van der Waals surface area contributed by atoms with E-state index in [4.69, 9.17) is 10.6 Å². The molecule has 1 aliphatic heterocycles. The third kappa shape index (κ3) is 4.47. The first-order valence-corrected chi connectivity index (χ1v) is 7.50. The monoisotopic (exact) mass is 277 g/mol. The third-order valence-corrected chi connectivity index (χ3v) is 3.85. The van der Waals surface area contributed by atoms with Crippen LogP contribution in [0.25, 0.3) is 0 Å². The quantitative estimate of drug-likeness (QED) is 0.838. The molecule has 2 rings (SSSR count). The number of hydrogen-bond acceptors (Lipinski definition) is 4. The number of ether oxygens (including phenoxy) is 1. The van der Waals surface area contributed by atoms with Crippen molar-refractivity contribution >= 4 is 0 Å². The van der Waals surface area contributed by atoms with Crippen LogP contribution in [0.2, 0.25) is 0 Å². The van der Waals surface area contributed by atoms with Gasteiger partial charge in [-0.3, -0.25) is 10.7 Å². The molecule has 1 fully saturated rings. The van der Waals surface area contributed by atoms with Gasteiger partial charge in [-0.15, -0.1) is 0 Å². The van der Waals surface area contributed by atoms with Crippen molar-refractivity contribution in [2.24, 2.45) is 5.84 Å². The number of hydrazine groups is 1. The summed E-state index contributed by atoms with van der Waals surface area (Å²) >= 11 is 0. The fourth-order valence-electron chi connectivity index (χ4n) is 2.69. The average Bonchev–Trinajstić information content (AvgIpc) is 2.41. The summed E-state index contributed by atoms with van der Waals surface area (Å²) in [5.74, 6) is 6.75. The van der Waals surface area contributed by atoms with E-state index in [1.807, 2.05) is 18.9 Å². The normalized spacial score (nSPS) is 17.9. The topological polar surface area (TPSA) is 41.7 Å². The smallest absolute Gasteiger partial charge is 0.119 e. The fraction of sp³-hybridized carbons (Fsp3) is 0.625. The summed E-state index contributed by atoms with van der Waals surface area (Å²) < 4.78 is 5.67. The van der Waals surface area contributed by atoms with Crippen LogP contribution in [0.1, 0.15) is 32.3 Å². The molecule has 1 aliphatic rings. The molecule has 1 heterocycles. The van der Waals surface area contributed by atoms with E-state index in [9.17, 15) is 0 Å². The predicted octanol–water partition coefficient (Wildman–Crippen LogP) is 2.24. The zero-order valence-electron chi connectivity index (χ0n) is 12.9. The SMILES string of the molecule is CC(C)Oc1ccc(CN(C)C2CCN(N)CC2)cc1. The first-order chi connectivity index (χ1) is 9.54. The van der Waals surface area contributed by atoms with Crippen LogP contribution in [0.3, 0.4) is 0 Å². The molecule has 20 heavy (non-hydrogen) atoms. The number of nitrogens with zero attached hydrogens (tertiary/aromatic N) is 2. The Morgan fingerprint density at radius 3 is 2.40 bits per heavy atom. The Bertz CT molecular complexity index is 397. The van der Waals surface area contributed by atoms with Crippen molar-refractivity contribution in [1.29, 1.82) is 0 Å². The Hall–Kier alpha value is -1.10. The summed E-state index contributed by atoms with van der Waals surface area (Å²) in [7, 11) is 2.20. The maximum atomic E-state index is 5.81. The van der Waals surface area contributed by atoms with Crippen molar-refractivity contribution in [3.8, 4) is 5.75 Å². The molecule has 4 heteroatoms. The highest BCUT2D eigenvalue weighted by atomic mass is 16.5. The van der Waals surface area contributed by atoms with Crippen LogP contribution in [0, 0.1) is 0 Å². The van der Waals surface area contributed by atoms with Gasteiger partial charge in [0.15, 0.2) is 0 Å². The van der Waals surface area contributed by atoms with Crippen LogP contribution in [0.15, 0.2) is 24.3 Å². The molecule has 1 saturated heterocycles. The van der Waals surface area contributed by atoms with Crippen LogP contribution in [0.5, 0.6) is 5.75 Å². The molecule has 2 N–H and O–H groups in total. The number of rotatable bonds is 5. The lowest BCUT2D eigenvalue weighted by atomic mass is 10.0. The Balaban J connectivity index is 1.86. The first kappa shape index (κ1) is 15.3. The number of nitrogens with two attached hydrogens (primary N) is 1. The van der Waals surface area contributed by atoms with Crippen molar-refractivity contribution in [2.75, 3.05) is 20.1 Å². The highest BCUT2D eigenvalue weighted by Crippen LogP contribution is 2.18. The van der Waals surface area contributed by atoms with Crippen molar-refractivity contribution in [3.05, 3.63) is 29.8 Å². The molecule has 1 aromatic carbocycles. The maximum absolute atomic E-state index is 5.81. The molecule has 0 bridgehead atoms. The van der Waals surface area contributed by atoms with Gasteiger partial charge >= 0.3 is 0 Å². The second-order valence-corrected chi connectivity index (χ2v) is 5.99.